The lowest BCUT2D eigenvalue weighted by Crippen LogP contribution is -2.41. The molecule has 0 aliphatic carbocycles. The molecule has 0 aromatic heterocycles. The zero-order valence-electron chi connectivity index (χ0n) is 20.6. The summed E-state index contributed by atoms with van der Waals surface area (Å²) in [6.07, 6.45) is 0. The van der Waals surface area contributed by atoms with Gasteiger partial charge in [-0.3, -0.25) is 0 Å². The van der Waals surface area contributed by atoms with Gasteiger partial charge in [0.05, 0.1) is 18.3 Å². The number of halogens is 1. The second kappa shape index (κ2) is 10.1. The maximum Gasteiger partial charge on any atom is 0.496 e. The topological polar surface area (TPSA) is 39.7 Å². The summed E-state index contributed by atoms with van der Waals surface area (Å²) < 4.78 is 17.9. The van der Waals surface area contributed by atoms with E-state index in [1.54, 1.807) is 7.11 Å². The average molecular weight is 478 g/mol. The molecule has 3 aromatic rings. The monoisotopic (exact) mass is 477 g/mol. The van der Waals surface area contributed by atoms with E-state index in [0.29, 0.717) is 5.02 Å². The van der Waals surface area contributed by atoms with Gasteiger partial charge in [0.25, 0.3) is 0 Å². The highest BCUT2D eigenvalue weighted by atomic mass is 35.5. The van der Waals surface area contributed by atoms with Crippen molar-refractivity contribution in [1.29, 1.82) is 0 Å². The van der Waals surface area contributed by atoms with Crippen molar-refractivity contribution >= 4 is 24.2 Å². The van der Waals surface area contributed by atoms with E-state index in [0.717, 1.165) is 24.3 Å². The summed E-state index contributed by atoms with van der Waals surface area (Å²) in [5.41, 5.74) is 3.65. The van der Waals surface area contributed by atoms with E-state index in [2.05, 4.69) is 81.5 Å². The summed E-state index contributed by atoms with van der Waals surface area (Å²) >= 11 is 6.64. The van der Waals surface area contributed by atoms with Gasteiger partial charge in [-0.05, 0) is 62.6 Å². The van der Waals surface area contributed by atoms with E-state index < -0.39 is 18.3 Å². The van der Waals surface area contributed by atoms with Gasteiger partial charge < -0.3 is 19.4 Å². The summed E-state index contributed by atoms with van der Waals surface area (Å²) in [6.45, 7) is 9.77. The van der Waals surface area contributed by atoms with Crippen LogP contribution < -0.4 is 15.5 Å². The summed E-state index contributed by atoms with van der Waals surface area (Å²) in [5, 5.41) is 4.28. The number of rotatable bonds is 8. The third-order valence-corrected chi connectivity index (χ3v) is 7.31. The Bertz CT molecular complexity index is 1090. The zero-order chi connectivity index (χ0) is 24.3. The maximum absolute atomic E-state index is 6.64. The normalized spacial score (nSPS) is 17.5. The van der Waals surface area contributed by atoms with E-state index >= 15 is 0 Å². The molecule has 4 rings (SSSR count). The average Bonchev–Trinajstić information content (AvgIpc) is 3.05. The van der Waals surface area contributed by atoms with Crippen LogP contribution in [0.2, 0.25) is 5.02 Å². The molecular weight excluding hydrogens is 445 g/mol. The smallest absolute Gasteiger partial charge is 0.496 e. The third kappa shape index (κ3) is 5.34. The van der Waals surface area contributed by atoms with Gasteiger partial charge in [0.1, 0.15) is 5.75 Å². The van der Waals surface area contributed by atoms with Gasteiger partial charge in [0.15, 0.2) is 0 Å². The lowest BCUT2D eigenvalue weighted by molar-refractivity contribution is 0.00578. The third-order valence-electron chi connectivity index (χ3n) is 6.97. The van der Waals surface area contributed by atoms with Crippen molar-refractivity contribution in [2.45, 2.75) is 51.4 Å². The molecule has 0 saturated carbocycles. The molecule has 0 amide bonds. The predicted molar refractivity (Wildman–Crippen MR) is 140 cm³/mol. The van der Waals surface area contributed by atoms with Crippen LogP contribution in [-0.2, 0) is 15.9 Å². The molecule has 1 saturated heterocycles. The first-order chi connectivity index (χ1) is 16.2. The Morgan fingerprint density at radius 2 is 1.53 bits per heavy atom. The second-order valence-corrected chi connectivity index (χ2v) is 10.2. The fraction of sp³-hybridized carbons (Fsp3) is 0.357. The lowest BCUT2D eigenvalue weighted by Gasteiger charge is -2.32. The Morgan fingerprint density at radius 1 is 0.882 bits per heavy atom. The van der Waals surface area contributed by atoms with Crippen LogP contribution >= 0.6 is 11.6 Å². The van der Waals surface area contributed by atoms with Crippen LogP contribution in [0.3, 0.4) is 0 Å². The molecule has 1 N–H and O–H groups in total. The molecule has 178 valence electrons. The van der Waals surface area contributed by atoms with Crippen molar-refractivity contribution < 1.29 is 14.0 Å². The van der Waals surface area contributed by atoms with Gasteiger partial charge in [0, 0.05) is 29.5 Å². The number of ether oxygens (including phenoxy) is 1. The Labute approximate surface area is 208 Å². The lowest BCUT2D eigenvalue weighted by atomic mass is 9.76. The molecule has 1 fully saturated rings. The van der Waals surface area contributed by atoms with Crippen LogP contribution in [0.1, 0.15) is 50.3 Å². The number of nitrogens with one attached hydrogen (secondary N) is 1. The first-order valence-corrected chi connectivity index (χ1v) is 12.1. The van der Waals surface area contributed by atoms with Crippen LogP contribution in [-0.4, -0.2) is 32.0 Å². The van der Waals surface area contributed by atoms with Crippen LogP contribution in [0.5, 0.6) is 5.75 Å². The highest BCUT2D eigenvalue weighted by Crippen LogP contribution is 2.37. The summed E-state index contributed by atoms with van der Waals surface area (Å²) in [5.74, 6) is 1.01. The Hall–Kier alpha value is -2.31. The van der Waals surface area contributed by atoms with Gasteiger partial charge >= 0.3 is 7.12 Å². The number of hydrogen-bond donors (Lipinski definition) is 1. The minimum Gasteiger partial charge on any atom is -0.497 e. The van der Waals surface area contributed by atoms with Crippen molar-refractivity contribution in [3.63, 3.8) is 0 Å². The molecule has 0 bridgehead atoms. The van der Waals surface area contributed by atoms with Gasteiger partial charge in [-0.1, -0.05) is 66.2 Å². The van der Waals surface area contributed by atoms with Crippen molar-refractivity contribution in [2.24, 2.45) is 0 Å². The van der Waals surface area contributed by atoms with E-state index in [9.17, 15) is 0 Å². The van der Waals surface area contributed by atoms with Crippen LogP contribution in [0, 0.1) is 0 Å². The predicted octanol–water partition coefficient (Wildman–Crippen LogP) is 5.57. The highest BCUT2D eigenvalue weighted by Gasteiger charge is 2.52. The summed E-state index contributed by atoms with van der Waals surface area (Å²) in [4.78, 5) is 0. The van der Waals surface area contributed by atoms with Crippen molar-refractivity contribution in [1.82, 2.24) is 5.32 Å². The van der Waals surface area contributed by atoms with Crippen molar-refractivity contribution in [2.75, 3.05) is 13.7 Å². The SMILES string of the molecule is COc1ccc(CNCC(c2ccccc2)c2ccc(Cl)c(B3OC(C)(C)C(C)(C)O3)c2)cc1. The van der Waals surface area contributed by atoms with Crippen LogP contribution in [0.15, 0.2) is 72.8 Å². The van der Waals surface area contributed by atoms with Crippen LogP contribution in [0.4, 0.5) is 0 Å². The summed E-state index contributed by atoms with van der Waals surface area (Å²) in [6, 6.07) is 24.9. The van der Waals surface area contributed by atoms with Gasteiger partial charge in [-0.2, -0.15) is 0 Å². The first kappa shape index (κ1) is 24.8. The molecule has 4 nitrogen and oxygen atoms in total. The molecule has 1 unspecified atom stereocenters. The fourth-order valence-corrected chi connectivity index (χ4v) is 4.35. The van der Waals surface area contributed by atoms with Gasteiger partial charge in [-0.25, -0.2) is 0 Å². The summed E-state index contributed by atoms with van der Waals surface area (Å²) in [7, 11) is 1.18. The molecule has 6 heteroatoms. The number of benzene rings is 3. The quantitative estimate of drug-likeness (QED) is 0.431. The minimum absolute atomic E-state index is 0.151. The molecule has 1 heterocycles. The van der Waals surface area contributed by atoms with Gasteiger partial charge in [-0.15, -0.1) is 0 Å². The van der Waals surface area contributed by atoms with E-state index in [1.165, 1.54) is 16.7 Å². The minimum atomic E-state index is -0.499. The number of hydrogen-bond acceptors (Lipinski definition) is 4. The van der Waals surface area contributed by atoms with Crippen LogP contribution in [0.25, 0.3) is 0 Å². The fourth-order valence-electron chi connectivity index (χ4n) is 4.15. The molecule has 0 spiro atoms. The number of methoxy groups -OCH3 is 1. The molecule has 0 radical (unpaired) electrons. The molecule has 3 aromatic carbocycles. The largest absolute Gasteiger partial charge is 0.497 e. The van der Waals surface area contributed by atoms with E-state index in [4.69, 9.17) is 25.6 Å². The van der Waals surface area contributed by atoms with E-state index in [-0.39, 0.29) is 5.92 Å². The van der Waals surface area contributed by atoms with E-state index in [1.807, 2.05) is 24.3 Å². The molecule has 1 atom stereocenters. The molecule has 1 aliphatic heterocycles. The van der Waals surface area contributed by atoms with Gasteiger partial charge in [0.2, 0.25) is 0 Å². The Morgan fingerprint density at radius 3 is 2.15 bits per heavy atom. The Balaban J connectivity index is 1.57. The molecule has 34 heavy (non-hydrogen) atoms. The first-order valence-electron chi connectivity index (χ1n) is 11.7. The van der Waals surface area contributed by atoms with Crippen molar-refractivity contribution in [3.8, 4) is 5.75 Å². The highest BCUT2D eigenvalue weighted by molar-refractivity contribution is 6.65. The molecular formula is C28H33BClNO3. The maximum atomic E-state index is 6.64. The Kier molecular flexibility index (Phi) is 7.39. The second-order valence-electron chi connectivity index (χ2n) is 9.81. The molecule has 1 aliphatic rings. The zero-order valence-corrected chi connectivity index (χ0v) is 21.4. The standard InChI is InChI=1S/C28H33BClNO3/c1-27(2)28(3,4)34-29(33-27)25-17-22(13-16-26(25)30)24(21-9-7-6-8-10-21)19-31-18-20-11-14-23(32-5)15-12-20/h6-17,24,31H,18-19H2,1-5H3. The van der Waals surface area contributed by atoms with Crippen molar-refractivity contribution in [3.05, 3.63) is 94.5 Å².